The Bertz CT molecular complexity index is 809. The maximum absolute atomic E-state index is 12.2. The minimum absolute atomic E-state index is 0.138. The van der Waals surface area contributed by atoms with Crippen LogP contribution in [-0.2, 0) is 0 Å². The molecule has 25 heavy (non-hydrogen) atoms. The van der Waals surface area contributed by atoms with Crippen LogP contribution in [0.2, 0.25) is 0 Å². The Hall–Kier alpha value is -3.29. The third-order valence-corrected chi connectivity index (χ3v) is 3.76. The molecule has 0 spiro atoms. The van der Waals surface area contributed by atoms with Crippen LogP contribution in [0.3, 0.4) is 0 Å². The smallest absolute Gasteiger partial charge is 0.319 e. The Morgan fingerprint density at radius 1 is 1.16 bits per heavy atom. The summed E-state index contributed by atoms with van der Waals surface area (Å²) >= 11 is 0. The molecule has 1 aliphatic rings. The molecule has 1 aliphatic heterocycles. The van der Waals surface area contributed by atoms with Crippen molar-refractivity contribution in [2.45, 2.75) is 13.0 Å². The zero-order chi connectivity index (χ0) is 17.8. The average molecular weight is 343 g/mol. The van der Waals surface area contributed by atoms with E-state index in [0.29, 0.717) is 24.7 Å². The molecule has 8 heteroatoms. The Labute approximate surface area is 143 Å². The molecule has 1 atom stereocenters. The first kappa shape index (κ1) is 16.6. The van der Waals surface area contributed by atoms with E-state index in [1.807, 2.05) is 19.1 Å². The van der Waals surface area contributed by atoms with Gasteiger partial charge < -0.3 is 20.1 Å². The van der Waals surface area contributed by atoms with Crippen molar-refractivity contribution in [3.05, 3.63) is 58.1 Å². The molecule has 0 fully saturated rings. The molecule has 2 aromatic carbocycles. The highest BCUT2D eigenvalue weighted by molar-refractivity contribution is 5.92. The van der Waals surface area contributed by atoms with Crippen LogP contribution >= 0.6 is 0 Å². The standard InChI is InChI=1S/C17H17N3O5/c1-11(12-6-7-15-16(10-12)25-9-8-24-15)18-17(21)19-13-4-2-3-5-14(13)20(22)23/h2-7,10-11H,8-9H2,1H3,(H2,18,19,21). The van der Waals surface area contributed by atoms with Crippen LogP contribution in [0, 0.1) is 10.1 Å². The van der Waals surface area contributed by atoms with Crippen molar-refractivity contribution >= 4 is 17.4 Å². The van der Waals surface area contributed by atoms with Gasteiger partial charge >= 0.3 is 6.03 Å². The number of para-hydroxylation sites is 2. The molecule has 0 aromatic heterocycles. The fraction of sp³-hybridized carbons (Fsp3) is 0.235. The third kappa shape index (κ3) is 3.79. The second-order valence-corrected chi connectivity index (χ2v) is 5.50. The molecule has 1 heterocycles. The van der Waals surface area contributed by atoms with Crippen molar-refractivity contribution in [3.63, 3.8) is 0 Å². The maximum atomic E-state index is 12.2. The zero-order valence-electron chi connectivity index (χ0n) is 13.5. The molecular formula is C17H17N3O5. The number of nitro benzene ring substituents is 1. The number of hydrogen-bond acceptors (Lipinski definition) is 5. The highest BCUT2D eigenvalue weighted by atomic mass is 16.6. The highest BCUT2D eigenvalue weighted by Crippen LogP contribution is 2.32. The summed E-state index contributed by atoms with van der Waals surface area (Å²) in [6.45, 7) is 2.80. The zero-order valence-corrected chi connectivity index (χ0v) is 13.5. The van der Waals surface area contributed by atoms with Gasteiger partial charge in [0, 0.05) is 6.07 Å². The van der Waals surface area contributed by atoms with Crippen LogP contribution < -0.4 is 20.1 Å². The first-order chi connectivity index (χ1) is 12.0. The first-order valence-electron chi connectivity index (χ1n) is 7.75. The van der Waals surface area contributed by atoms with Crippen molar-refractivity contribution in [2.24, 2.45) is 0 Å². The number of nitro groups is 1. The fourth-order valence-corrected chi connectivity index (χ4v) is 2.51. The molecule has 0 aliphatic carbocycles. The molecule has 2 N–H and O–H groups in total. The molecule has 130 valence electrons. The number of anilines is 1. The summed E-state index contributed by atoms with van der Waals surface area (Å²) in [7, 11) is 0. The van der Waals surface area contributed by atoms with Gasteiger partial charge in [0.2, 0.25) is 0 Å². The molecule has 0 saturated heterocycles. The molecular weight excluding hydrogens is 326 g/mol. The van der Waals surface area contributed by atoms with E-state index in [1.165, 1.54) is 12.1 Å². The van der Waals surface area contributed by atoms with E-state index in [1.54, 1.807) is 18.2 Å². The Kier molecular flexibility index (Phi) is 4.69. The number of urea groups is 1. The number of nitrogens with zero attached hydrogens (tertiary/aromatic N) is 1. The third-order valence-electron chi connectivity index (χ3n) is 3.76. The minimum Gasteiger partial charge on any atom is -0.486 e. The van der Waals surface area contributed by atoms with Crippen molar-refractivity contribution < 1.29 is 19.2 Å². The summed E-state index contributed by atoms with van der Waals surface area (Å²) < 4.78 is 11.0. The van der Waals surface area contributed by atoms with Crippen LogP contribution in [0.5, 0.6) is 11.5 Å². The SMILES string of the molecule is CC(NC(=O)Nc1ccccc1[N+](=O)[O-])c1ccc2c(c1)OCCO2. The van der Waals surface area contributed by atoms with Crippen LogP contribution in [0.25, 0.3) is 0 Å². The van der Waals surface area contributed by atoms with E-state index in [-0.39, 0.29) is 17.4 Å². The van der Waals surface area contributed by atoms with E-state index >= 15 is 0 Å². The number of fused-ring (bicyclic) bond motifs is 1. The predicted octanol–water partition coefficient (Wildman–Crippen LogP) is 3.25. The average Bonchev–Trinajstić information content (AvgIpc) is 2.61. The van der Waals surface area contributed by atoms with Crippen LogP contribution in [-0.4, -0.2) is 24.2 Å². The van der Waals surface area contributed by atoms with E-state index in [0.717, 1.165) is 5.56 Å². The molecule has 0 bridgehead atoms. The number of hydrogen-bond donors (Lipinski definition) is 2. The van der Waals surface area contributed by atoms with E-state index < -0.39 is 11.0 Å². The second-order valence-electron chi connectivity index (χ2n) is 5.50. The Morgan fingerprint density at radius 3 is 2.64 bits per heavy atom. The molecule has 2 aromatic rings. The lowest BCUT2D eigenvalue weighted by molar-refractivity contribution is -0.383. The highest BCUT2D eigenvalue weighted by Gasteiger charge is 2.18. The molecule has 2 amide bonds. The number of amides is 2. The summed E-state index contributed by atoms with van der Waals surface area (Å²) in [6.07, 6.45) is 0. The molecule has 1 unspecified atom stereocenters. The summed E-state index contributed by atoms with van der Waals surface area (Å²) in [5.41, 5.74) is 0.811. The molecule has 8 nitrogen and oxygen atoms in total. The van der Waals surface area contributed by atoms with Gasteiger partial charge in [-0.1, -0.05) is 18.2 Å². The number of carbonyl (C=O) groups excluding carboxylic acids is 1. The fourth-order valence-electron chi connectivity index (χ4n) is 2.51. The number of ether oxygens (including phenoxy) is 2. The van der Waals surface area contributed by atoms with Gasteiger partial charge in [-0.05, 0) is 30.7 Å². The summed E-state index contributed by atoms with van der Waals surface area (Å²) in [6, 6.07) is 10.6. The monoisotopic (exact) mass is 343 g/mol. The van der Waals surface area contributed by atoms with Crippen molar-refractivity contribution in [3.8, 4) is 11.5 Å². The van der Waals surface area contributed by atoms with Gasteiger partial charge in [-0.25, -0.2) is 4.79 Å². The second kappa shape index (κ2) is 7.08. The topological polar surface area (TPSA) is 103 Å². The number of rotatable bonds is 4. The van der Waals surface area contributed by atoms with Crippen LogP contribution in [0.15, 0.2) is 42.5 Å². The molecule has 3 rings (SSSR count). The summed E-state index contributed by atoms with van der Waals surface area (Å²) in [5.74, 6) is 1.31. The van der Waals surface area contributed by atoms with Crippen molar-refractivity contribution in [1.82, 2.24) is 5.32 Å². The van der Waals surface area contributed by atoms with Gasteiger partial charge in [0.1, 0.15) is 18.9 Å². The first-order valence-corrected chi connectivity index (χ1v) is 7.75. The lowest BCUT2D eigenvalue weighted by atomic mass is 10.1. The van der Waals surface area contributed by atoms with Crippen molar-refractivity contribution in [2.75, 3.05) is 18.5 Å². The van der Waals surface area contributed by atoms with Gasteiger partial charge in [-0.15, -0.1) is 0 Å². The molecule has 0 saturated carbocycles. The van der Waals surface area contributed by atoms with Crippen LogP contribution in [0.4, 0.5) is 16.2 Å². The van der Waals surface area contributed by atoms with E-state index in [2.05, 4.69) is 10.6 Å². The largest absolute Gasteiger partial charge is 0.486 e. The number of nitrogens with one attached hydrogen (secondary N) is 2. The Balaban J connectivity index is 1.68. The van der Waals surface area contributed by atoms with Gasteiger partial charge in [0.15, 0.2) is 11.5 Å². The summed E-state index contributed by atoms with van der Waals surface area (Å²) in [4.78, 5) is 22.6. The molecule has 0 radical (unpaired) electrons. The van der Waals surface area contributed by atoms with E-state index in [9.17, 15) is 14.9 Å². The van der Waals surface area contributed by atoms with Gasteiger partial charge in [0.05, 0.1) is 11.0 Å². The maximum Gasteiger partial charge on any atom is 0.319 e. The van der Waals surface area contributed by atoms with Crippen molar-refractivity contribution in [1.29, 1.82) is 0 Å². The number of benzene rings is 2. The Morgan fingerprint density at radius 2 is 1.88 bits per heavy atom. The minimum atomic E-state index is -0.542. The van der Waals surface area contributed by atoms with E-state index in [4.69, 9.17) is 9.47 Å². The number of carbonyl (C=O) groups is 1. The predicted molar refractivity (Wildman–Crippen MR) is 91.1 cm³/mol. The van der Waals surface area contributed by atoms with Gasteiger partial charge in [0.25, 0.3) is 5.69 Å². The lowest BCUT2D eigenvalue weighted by Gasteiger charge is -2.21. The van der Waals surface area contributed by atoms with Crippen LogP contribution in [0.1, 0.15) is 18.5 Å². The quantitative estimate of drug-likeness (QED) is 0.655. The lowest BCUT2D eigenvalue weighted by Crippen LogP contribution is -2.31. The normalized spacial score (nSPS) is 13.6. The van der Waals surface area contributed by atoms with Gasteiger partial charge in [-0.3, -0.25) is 10.1 Å². The summed E-state index contributed by atoms with van der Waals surface area (Å²) in [5, 5.41) is 16.2. The van der Waals surface area contributed by atoms with Gasteiger partial charge in [-0.2, -0.15) is 0 Å².